The van der Waals surface area contributed by atoms with E-state index in [0.717, 1.165) is 5.56 Å². The maximum Gasteiger partial charge on any atom is 0.245 e. The van der Waals surface area contributed by atoms with Gasteiger partial charge in [0.1, 0.15) is 6.04 Å². The Labute approximate surface area is 120 Å². The molecule has 1 aliphatic heterocycles. The fraction of sp³-hybridized carbons (Fsp3) is 0.500. The molecule has 1 heterocycles. The Morgan fingerprint density at radius 1 is 1.20 bits per heavy atom. The third kappa shape index (κ3) is 3.38. The van der Waals surface area contributed by atoms with Crippen molar-refractivity contribution < 1.29 is 9.59 Å². The fourth-order valence-corrected chi connectivity index (χ4v) is 2.71. The summed E-state index contributed by atoms with van der Waals surface area (Å²) in [5, 5.41) is 2.79. The van der Waals surface area contributed by atoms with Crippen LogP contribution in [0.25, 0.3) is 0 Å². The second kappa shape index (κ2) is 6.07. The predicted octanol–water partition coefficient (Wildman–Crippen LogP) is 1.93. The molecule has 4 nitrogen and oxygen atoms in total. The molecule has 2 rings (SSSR count). The quantitative estimate of drug-likeness (QED) is 0.915. The predicted molar refractivity (Wildman–Crippen MR) is 78.2 cm³/mol. The largest absolute Gasteiger partial charge is 0.344 e. The van der Waals surface area contributed by atoms with Crippen LogP contribution in [0.2, 0.25) is 0 Å². The number of hydrogen-bond donors (Lipinski definition) is 1. The molecule has 2 amide bonds. The molecule has 1 unspecified atom stereocenters. The van der Waals surface area contributed by atoms with E-state index in [1.165, 1.54) is 11.1 Å². The molecule has 1 fully saturated rings. The summed E-state index contributed by atoms with van der Waals surface area (Å²) in [5.41, 5.74) is 3.52. The molecule has 1 aromatic rings. The van der Waals surface area contributed by atoms with E-state index < -0.39 is 0 Å². The number of nitrogens with zero attached hydrogens (tertiary/aromatic N) is 1. The van der Waals surface area contributed by atoms with Gasteiger partial charge in [-0.3, -0.25) is 9.59 Å². The Hall–Kier alpha value is -1.84. The Bertz CT molecular complexity index is 505. The first-order valence-corrected chi connectivity index (χ1v) is 7.15. The molecule has 1 atom stereocenters. The van der Waals surface area contributed by atoms with Crippen LogP contribution in [0.3, 0.4) is 0 Å². The summed E-state index contributed by atoms with van der Waals surface area (Å²) in [6.07, 6.45) is 1.01. The van der Waals surface area contributed by atoms with Crippen molar-refractivity contribution in [2.45, 2.75) is 46.2 Å². The third-order valence-electron chi connectivity index (χ3n) is 3.62. The molecule has 1 N–H and O–H groups in total. The molecule has 20 heavy (non-hydrogen) atoms. The number of rotatable bonds is 3. The van der Waals surface area contributed by atoms with Gasteiger partial charge in [0.05, 0.1) is 0 Å². The summed E-state index contributed by atoms with van der Waals surface area (Å²) in [6.45, 7) is 7.10. The van der Waals surface area contributed by atoms with Crippen molar-refractivity contribution in [1.29, 1.82) is 0 Å². The van der Waals surface area contributed by atoms with Crippen LogP contribution < -0.4 is 5.32 Å². The number of aryl methyl sites for hydroxylation is 2. The fourth-order valence-electron chi connectivity index (χ4n) is 2.71. The van der Waals surface area contributed by atoms with Crippen LogP contribution in [-0.2, 0) is 16.1 Å². The molecule has 1 aliphatic rings. The van der Waals surface area contributed by atoms with E-state index in [1.54, 1.807) is 4.90 Å². The number of carbonyl (C=O) groups is 2. The molecule has 0 aromatic heterocycles. The molecule has 0 saturated carbocycles. The van der Waals surface area contributed by atoms with Crippen LogP contribution in [0.5, 0.6) is 0 Å². The van der Waals surface area contributed by atoms with Gasteiger partial charge in [-0.15, -0.1) is 0 Å². The van der Waals surface area contributed by atoms with Crippen LogP contribution in [0, 0.1) is 13.8 Å². The average Bonchev–Trinajstić information content (AvgIpc) is 2.50. The lowest BCUT2D eigenvalue weighted by molar-refractivity contribution is -0.134. The number of carbonyl (C=O) groups excluding carboxylic acids is 2. The Balaban J connectivity index is 2.18. The Kier molecular flexibility index (Phi) is 4.42. The summed E-state index contributed by atoms with van der Waals surface area (Å²) in [7, 11) is 0. The van der Waals surface area contributed by atoms with E-state index in [0.29, 0.717) is 25.9 Å². The smallest absolute Gasteiger partial charge is 0.245 e. The molecule has 0 aliphatic carbocycles. The van der Waals surface area contributed by atoms with Crippen molar-refractivity contribution in [3.05, 3.63) is 34.9 Å². The van der Waals surface area contributed by atoms with Crippen LogP contribution >= 0.6 is 0 Å². The number of hydrogen-bond acceptors (Lipinski definition) is 2. The Morgan fingerprint density at radius 3 is 2.45 bits per heavy atom. The van der Waals surface area contributed by atoms with Gasteiger partial charge in [-0.05, 0) is 25.8 Å². The van der Waals surface area contributed by atoms with Crippen molar-refractivity contribution in [3.63, 3.8) is 0 Å². The normalized spacial score (nSPS) is 19.8. The lowest BCUT2D eigenvalue weighted by Gasteiger charge is -2.23. The van der Waals surface area contributed by atoms with Crippen molar-refractivity contribution in [2.24, 2.45) is 0 Å². The first kappa shape index (κ1) is 14.6. The summed E-state index contributed by atoms with van der Waals surface area (Å²) in [5.74, 6) is -0.00867. The van der Waals surface area contributed by atoms with Crippen LogP contribution in [0.1, 0.15) is 36.5 Å². The lowest BCUT2D eigenvalue weighted by Crippen LogP contribution is -2.43. The minimum absolute atomic E-state index is 0.0255. The van der Waals surface area contributed by atoms with E-state index >= 15 is 0 Å². The average molecular weight is 274 g/mol. The van der Waals surface area contributed by atoms with Crippen molar-refractivity contribution in [3.8, 4) is 0 Å². The topological polar surface area (TPSA) is 49.4 Å². The monoisotopic (exact) mass is 274 g/mol. The first-order valence-electron chi connectivity index (χ1n) is 7.15. The second-order valence-corrected chi connectivity index (χ2v) is 5.53. The van der Waals surface area contributed by atoms with E-state index in [-0.39, 0.29) is 17.9 Å². The van der Waals surface area contributed by atoms with Crippen molar-refractivity contribution in [2.75, 3.05) is 6.54 Å². The van der Waals surface area contributed by atoms with Crippen molar-refractivity contribution >= 4 is 11.8 Å². The molecule has 0 spiro atoms. The summed E-state index contributed by atoms with van der Waals surface area (Å²) < 4.78 is 0. The molecule has 0 bridgehead atoms. The maximum atomic E-state index is 12.4. The van der Waals surface area contributed by atoms with Gasteiger partial charge in [0.2, 0.25) is 11.8 Å². The van der Waals surface area contributed by atoms with Gasteiger partial charge in [0.25, 0.3) is 0 Å². The summed E-state index contributed by atoms with van der Waals surface area (Å²) >= 11 is 0. The van der Waals surface area contributed by atoms with Gasteiger partial charge in [0.15, 0.2) is 0 Å². The molecule has 0 radical (unpaired) electrons. The zero-order valence-electron chi connectivity index (χ0n) is 12.4. The van der Waals surface area contributed by atoms with E-state index in [9.17, 15) is 9.59 Å². The number of nitrogens with one attached hydrogen (secondary N) is 1. The SMILES string of the molecule is CCC1NC(=O)CCN(Cc2cc(C)cc(C)c2)C1=O. The van der Waals surface area contributed by atoms with E-state index in [1.807, 2.05) is 6.92 Å². The molecular weight excluding hydrogens is 252 g/mol. The second-order valence-electron chi connectivity index (χ2n) is 5.53. The molecule has 1 saturated heterocycles. The zero-order chi connectivity index (χ0) is 14.7. The van der Waals surface area contributed by atoms with Crippen molar-refractivity contribution in [1.82, 2.24) is 10.2 Å². The molecule has 108 valence electrons. The van der Waals surface area contributed by atoms with Gasteiger partial charge in [0, 0.05) is 19.5 Å². The standard InChI is InChI=1S/C16H22N2O2/c1-4-14-16(20)18(6-5-15(19)17-14)10-13-8-11(2)7-12(3)9-13/h7-9,14H,4-6,10H2,1-3H3,(H,17,19). The molecule has 4 heteroatoms. The highest BCUT2D eigenvalue weighted by molar-refractivity contribution is 5.89. The van der Waals surface area contributed by atoms with Gasteiger partial charge in [-0.1, -0.05) is 36.2 Å². The summed E-state index contributed by atoms with van der Waals surface area (Å²) in [6, 6.07) is 5.94. The highest BCUT2D eigenvalue weighted by Crippen LogP contribution is 2.14. The number of amides is 2. The minimum Gasteiger partial charge on any atom is -0.344 e. The van der Waals surface area contributed by atoms with Crippen LogP contribution in [0.4, 0.5) is 0 Å². The van der Waals surface area contributed by atoms with Gasteiger partial charge < -0.3 is 10.2 Å². The molecular formula is C16H22N2O2. The highest BCUT2D eigenvalue weighted by Gasteiger charge is 2.28. The lowest BCUT2D eigenvalue weighted by atomic mass is 10.1. The van der Waals surface area contributed by atoms with E-state index in [2.05, 4.69) is 37.4 Å². The minimum atomic E-state index is -0.379. The van der Waals surface area contributed by atoms with E-state index in [4.69, 9.17) is 0 Å². The zero-order valence-corrected chi connectivity index (χ0v) is 12.4. The maximum absolute atomic E-state index is 12.4. The van der Waals surface area contributed by atoms with Crippen LogP contribution in [-0.4, -0.2) is 29.3 Å². The third-order valence-corrected chi connectivity index (χ3v) is 3.62. The van der Waals surface area contributed by atoms with Gasteiger partial charge in [-0.25, -0.2) is 0 Å². The van der Waals surface area contributed by atoms with Crippen LogP contribution in [0.15, 0.2) is 18.2 Å². The van der Waals surface area contributed by atoms with Gasteiger partial charge in [-0.2, -0.15) is 0 Å². The van der Waals surface area contributed by atoms with Gasteiger partial charge >= 0.3 is 0 Å². The first-order chi connectivity index (χ1) is 9.49. The highest BCUT2D eigenvalue weighted by atomic mass is 16.2. The summed E-state index contributed by atoms with van der Waals surface area (Å²) in [4.78, 5) is 25.8. The Morgan fingerprint density at radius 2 is 1.85 bits per heavy atom. The molecule has 1 aromatic carbocycles. The number of benzene rings is 1.